The summed E-state index contributed by atoms with van der Waals surface area (Å²) in [4.78, 5) is 18.8. The van der Waals surface area contributed by atoms with Crippen molar-refractivity contribution in [3.63, 3.8) is 0 Å². The van der Waals surface area contributed by atoms with Gasteiger partial charge in [-0.25, -0.2) is 4.79 Å². The lowest BCUT2D eigenvalue weighted by molar-refractivity contribution is -0.0237. The number of hydrogen-bond donors (Lipinski definition) is 3. The molecule has 7 nitrogen and oxygen atoms in total. The number of hydrogen-bond acceptors (Lipinski definition) is 4. The molecule has 1 aliphatic carbocycles. The molecule has 1 fully saturated rings. The van der Waals surface area contributed by atoms with Crippen molar-refractivity contribution in [2.45, 2.75) is 84.5 Å². The van der Waals surface area contributed by atoms with Crippen LogP contribution in [0.15, 0.2) is 4.99 Å². The summed E-state index contributed by atoms with van der Waals surface area (Å²) < 4.78 is 5.38. The molecule has 0 aromatic rings. The molecule has 1 unspecified atom stereocenters. The third-order valence-corrected chi connectivity index (χ3v) is 4.79. The van der Waals surface area contributed by atoms with E-state index in [9.17, 15) is 9.90 Å². The van der Waals surface area contributed by atoms with Gasteiger partial charge in [-0.15, -0.1) is 24.0 Å². The number of amides is 1. The summed E-state index contributed by atoms with van der Waals surface area (Å²) in [6.07, 6.45) is 3.13. The zero-order chi connectivity index (χ0) is 20.7. The molecule has 1 rings (SSSR count). The Morgan fingerprint density at radius 1 is 1.32 bits per heavy atom. The van der Waals surface area contributed by atoms with Crippen LogP contribution in [-0.4, -0.2) is 66.0 Å². The number of aliphatic hydroxyl groups is 1. The van der Waals surface area contributed by atoms with E-state index in [-0.39, 0.29) is 36.1 Å². The van der Waals surface area contributed by atoms with E-state index in [1.165, 1.54) is 0 Å². The maximum absolute atomic E-state index is 12.1. The number of ether oxygens (including phenoxy) is 1. The molecular formula is C20H41IN4O3. The molecule has 1 saturated carbocycles. The molecule has 0 aliphatic heterocycles. The van der Waals surface area contributed by atoms with E-state index in [4.69, 9.17) is 4.74 Å². The van der Waals surface area contributed by atoms with E-state index in [1.54, 1.807) is 0 Å². The molecule has 0 saturated heterocycles. The van der Waals surface area contributed by atoms with Crippen molar-refractivity contribution in [3.8, 4) is 0 Å². The van der Waals surface area contributed by atoms with Gasteiger partial charge in [0.15, 0.2) is 5.96 Å². The van der Waals surface area contributed by atoms with E-state index in [2.05, 4.69) is 34.4 Å². The molecule has 166 valence electrons. The van der Waals surface area contributed by atoms with Crippen LogP contribution in [0.5, 0.6) is 0 Å². The van der Waals surface area contributed by atoms with Gasteiger partial charge in [-0.05, 0) is 59.3 Å². The van der Waals surface area contributed by atoms with Gasteiger partial charge in [-0.1, -0.05) is 13.8 Å². The Balaban J connectivity index is 0.00000729. The van der Waals surface area contributed by atoms with Crippen LogP contribution in [0.3, 0.4) is 0 Å². The Labute approximate surface area is 188 Å². The van der Waals surface area contributed by atoms with E-state index >= 15 is 0 Å². The molecular weight excluding hydrogens is 471 g/mol. The van der Waals surface area contributed by atoms with Crippen LogP contribution < -0.4 is 10.6 Å². The van der Waals surface area contributed by atoms with Crippen molar-refractivity contribution in [2.75, 3.05) is 26.7 Å². The molecule has 1 aliphatic rings. The van der Waals surface area contributed by atoms with Gasteiger partial charge in [0.2, 0.25) is 0 Å². The predicted octanol–water partition coefficient (Wildman–Crippen LogP) is 3.36. The molecule has 0 aromatic heterocycles. The zero-order valence-corrected chi connectivity index (χ0v) is 21.0. The van der Waals surface area contributed by atoms with Crippen LogP contribution in [-0.2, 0) is 4.74 Å². The molecule has 0 aromatic carbocycles. The third kappa shape index (κ3) is 10.1. The second-order valence-corrected chi connectivity index (χ2v) is 8.96. The minimum Gasteiger partial charge on any atom is -0.444 e. The van der Waals surface area contributed by atoms with Crippen LogP contribution in [0.4, 0.5) is 4.79 Å². The molecule has 0 spiro atoms. The fourth-order valence-electron chi connectivity index (χ4n) is 2.90. The average molecular weight is 512 g/mol. The lowest BCUT2D eigenvalue weighted by Gasteiger charge is -2.35. The summed E-state index contributed by atoms with van der Waals surface area (Å²) in [5.74, 6) is 1.08. The second kappa shape index (κ2) is 12.0. The van der Waals surface area contributed by atoms with Gasteiger partial charge in [-0.2, -0.15) is 0 Å². The van der Waals surface area contributed by atoms with Crippen LogP contribution >= 0.6 is 24.0 Å². The summed E-state index contributed by atoms with van der Waals surface area (Å²) >= 11 is 0. The van der Waals surface area contributed by atoms with Gasteiger partial charge in [-0.3, -0.25) is 4.99 Å². The summed E-state index contributed by atoms with van der Waals surface area (Å²) in [6.45, 7) is 13.7. The lowest BCUT2D eigenvalue weighted by Crippen LogP contribution is -2.46. The van der Waals surface area contributed by atoms with E-state index in [0.29, 0.717) is 12.5 Å². The van der Waals surface area contributed by atoms with Gasteiger partial charge < -0.3 is 25.4 Å². The molecule has 0 heterocycles. The SMILES string of the molecule is CCNC(=NCC1(O)CCC1)N(C)CCC(NC(=O)OC(C)(C)C)C(C)C.I. The minimum atomic E-state index is -0.625. The number of alkyl carbamates (subject to hydrolysis) is 1. The van der Waals surface area contributed by atoms with Crippen molar-refractivity contribution < 1.29 is 14.6 Å². The quantitative estimate of drug-likeness (QED) is 0.264. The van der Waals surface area contributed by atoms with E-state index < -0.39 is 11.2 Å². The smallest absolute Gasteiger partial charge is 0.407 e. The van der Waals surface area contributed by atoms with Gasteiger partial charge in [0.25, 0.3) is 0 Å². The summed E-state index contributed by atoms with van der Waals surface area (Å²) in [5, 5.41) is 16.5. The molecule has 28 heavy (non-hydrogen) atoms. The summed E-state index contributed by atoms with van der Waals surface area (Å²) in [5.41, 5.74) is -1.13. The van der Waals surface area contributed by atoms with Crippen LogP contribution in [0, 0.1) is 5.92 Å². The molecule has 1 amide bonds. The molecule has 8 heteroatoms. The number of carbonyl (C=O) groups is 1. The molecule has 0 bridgehead atoms. The highest BCUT2D eigenvalue weighted by atomic mass is 127. The highest BCUT2D eigenvalue weighted by Gasteiger charge is 2.34. The Morgan fingerprint density at radius 3 is 2.36 bits per heavy atom. The van der Waals surface area contributed by atoms with Crippen LogP contribution in [0.2, 0.25) is 0 Å². The van der Waals surface area contributed by atoms with Crippen molar-refractivity contribution in [3.05, 3.63) is 0 Å². The Morgan fingerprint density at radius 2 is 1.93 bits per heavy atom. The number of halogens is 1. The first-order valence-corrected chi connectivity index (χ1v) is 10.2. The lowest BCUT2D eigenvalue weighted by atomic mass is 9.80. The Bertz CT molecular complexity index is 502. The predicted molar refractivity (Wildman–Crippen MR) is 125 cm³/mol. The van der Waals surface area contributed by atoms with Crippen LogP contribution in [0.1, 0.15) is 67.2 Å². The first-order valence-electron chi connectivity index (χ1n) is 10.2. The Kier molecular flexibility index (Phi) is 11.7. The highest BCUT2D eigenvalue weighted by Crippen LogP contribution is 2.31. The van der Waals surface area contributed by atoms with Gasteiger partial charge in [0.05, 0.1) is 12.1 Å². The van der Waals surface area contributed by atoms with Crippen molar-refractivity contribution >= 4 is 36.0 Å². The molecule has 1 atom stereocenters. The second-order valence-electron chi connectivity index (χ2n) is 8.96. The normalized spacial score (nSPS) is 17.2. The number of guanidine groups is 1. The number of carbonyl (C=O) groups excluding carboxylic acids is 1. The number of nitrogens with zero attached hydrogens (tertiary/aromatic N) is 2. The zero-order valence-electron chi connectivity index (χ0n) is 18.7. The average Bonchev–Trinajstić information content (AvgIpc) is 2.51. The fourth-order valence-corrected chi connectivity index (χ4v) is 2.90. The monoisotopic (exact) mass is 512 g/mol. The minimum absolute atomic E-state index is 0. The standard InChI is InChI=1S/C20H40N4O3.HI/c1-8-21-17(22-14-20(26)11-9-12-20)24(7)13-10-16(15(2)3)23-18(25)27-19(4,5)6;/h15-16,26H,8-14H2,1-7H3,(H,21,22)(H,23,25);1H. The van der Waals surface area contributed by atoms with Crippen molar-refractivity contribution in [1.29, 1.82) is 0 Å². The number of nitrogens with one attached hydrogen (secondary N) is 2. The van der Waals surface area contributed by atoms with Crippen molar-refractivity contribution in [2.24, 2.45) is 10.9 Å². The largest absolute Gasteiger partial charge is 0.444 e. The maximum atomic E-state index is 12.1. The number of aliphatic imine (C=N–C) groups is 1. The molecule has 3 N–H and O–H groups in total. The van der Waals surface area contributed by atoms with Gasteiger partial charge >= 0.3 is 6.09 Å². The Hall–Kier alpha value is -0.770. The summed E-state index contributed by atoms with van der Waals surface area (Å²) in [7, 11) is 1.98. The number of rotatable bonds is 8. The van der Waals surface area contributed by atoms with Gasteiger partial charge in [0.1, 0.15) is 5.60 Å². The topological polar surface area (TPSA) is 86.2 Å². The van der Waals surface area contributed by atoms with Crippen LogP contribution in [0.25, 0.3) is 0 Å². The first-order chi connectivity index (χ1) is 12.5. The fraction of sp³-hybridized carbons (Fsp3) is 0.900. The van der Waals surface area contributed by atoms with E-state index in [1.807, 2.05) is 34.7 Å². The molecule has 0 radical (unpaired) electrons. The maximum Gasteiger partial charge on any atom is 0.407 e. The first kappa shape index (κ1) is 27.2. The van der Waals surface area contributed by atoms with Gasteiger partial charge in [0, 0.05) is 26.2 Å². The highest BCUT2D eigenvalue weighted by molar-refractivity contribution is 14.0. The van der Waals surface area contributed by atoms with Crippen molar-refractivity contribution in [1.82, 2.24) is 15.5 Å². The third-order valence-electron chi connectivity index (χ3n) is 4.79. The summed E-state index contributed by atoms with van der Waals surface area (Å²) in [6, 6.07) is 0.0148. The van der Waals surface area contributed by atoms with E-state index in [0.717, 1.165) is 44.7 Å².